The molecule has 0 spiro atoms. The molecule has 1 aromatic carbocycles. The highest BCUT2D eigenvalue weighted by molar-refractivity contribution is 5.73. The lowest BCUT2D eigenvalue weighted by atomic mass is 10.2. The molecule has 0 amide bonds. The Balaban J connectivity index is 2.54. The Hall–Kier alpha value is -1.49. The zero-order valence-corrected chi connectivity index (χ0v) is 7.21. The van der Waals surface area contributed by atoms with Gasteiger partial charge in [0, 0.05) is 5.56 Å². The number of benzene rings is 1. The Morgan fingerprint density at radius 2 is 2.21 bits per heavy atom. The average molecular weight is 198 g/mol. The van der Waals surface area contributed by atoms with Crippen molar-refractivity contribution in [3.05, 3.63) is 29.7 Å². The third-order valence-electron chi connectivity index (χ3n) is 1.88. The molecule has 0 aliphatic rings. The van der Waals surface area contributed by atoms with Gasteiger partial charge >= 0.3 is 0 Å². The highest BCUT2D eigenvalue weighted by atomic mass is 19.3. The minimum atomic E-state index is -2.49. The lowest BCUT2D eigenvalue weighted by Gasteiger charge is -1.96. The van der Waals surface area contributed by atoms with Gasteiger partial charge in [-0.2, -0.15) is 0 Å². The van der Waals surface area contributed by atoms with E-state index in [9.17, 15) is 8.78 Å². The summed E-state index contributed by atoms with van der Waals surface area (Å²) in [4.78, 5) is 3.95. The first kappa shape index (κ1) is 9.08. The Labute approximate surface area is 78.5 Å². The zero-order valence-electron chi connectivity index (χ0n) is 7.21. The van der Waals surface area contributed by atoms with Crippen LogP contribution < -0.4 is 5.73 Å². The van der Waals surface area contributed by atoms with E-state index in [0.29, 0.717) is 17.0 Å². The van der Waals surface area contributed by atoms with E-state index in [4.69, 9.17) is 10.2 Å². The molecule has 0 unspecified atom stereocenters. The van der Waals surface area contributed by atoms with Crippen molar-refractivity contribution < 1.29 is 13.2 Å². The largest absolute Gasteiger partial charge is 0.439 e. The number of oxazole rings is 1. The third-order valence-corrected chi connectivity index (χ3v) is 1.88. The molecule has 1 heterocycles. The summed E-state index contributed by atoms with van der Waals surface area (Å²) in [6, 6.07) is 4.10. The van der Waals surface area contributed by atoms with Gasteiger partial charge in [0.15, 0.2) is 5.58 Å². The Morgan fingerprint density at radius 3 is 2.86 bits per heavy atom. The summed E-state index contributed by atoms with van der Waals surface area (Å²) in [5.41, 5.74) is 6.15. The quantitative estimate of drug-likeness (QED) is 0.804. The van der Waals surface area contributed by atoms with Gasteiger partial charge in [0.1, 0.15) is 5.52 Å². The van der Waals surface area contributed by atoms with Gasteiger partial charge in [-0.15, -0.1) is 0 Å². The Morgan fingerprint density at radius 1 is 1.43 bits per heavy atom. The maximum absolute atomic E-state index is 12.3. The number of aromatic nitrogens is 1. The Bertz CT molecular complexity index is 453. The second kappa shape index (κ2) is 3.34. The number of alkyl halides is 2. The second-order valence-corrected chi connectivity index (χ2v) is 2.84. The molecule has 0 bridgehead atoms. The number of hydrogen-bond donors (Lipinski definition) is 1. The van der Waals surface area contributed by atoms with Crippen LogP contribution in [0.15, 0.2) is 22.6 Å². The minimum absolute atomic E-state index is 0.0608. The fourth-order valence-electron chi connectivity index (χ4n) is 1.22. The van der Waals surface area contributed by atoms with Gasteiger partial charge in [-0.05, 0) is 18.2 Å². The van der Waals surface area contributed by atoms with Crippen molar-refractivity contribution >= 4 is 11.1 Å². The predicted molar refractivity (Wildman–Crippen MR) is 46.9 cm³/mol. The molecule has 0 atom stereocenters. The lowest BCUT2D eigenvalue weighted by Crippen LogP contribution is -1.95. The molecule has 0 radical (unpaired) electrons. The molecule has 0 saturated carbocycles. The van der Waals surface area contributed by atoms with Crippen molar-refractivity contribution in [3.8, 4) is 0 Å². The van der Waals surface area contributed by atoms with Crippen LogP contribution in [0.2, 0.25) is 0 Å². The summed E-state index contributed by atoms with van der Waals surface area (Å²) in [6.07, 6.45) is -2.49. The van der Waals surface area contributed by atoms with Gasteiger partial charge in [-0.25, -0.2) is 13.8 Å². The Kier molecular flexibility index (Phi) is 2.17. The fraction of sp³-hybridized carbons (Fsp3) is 0.222. The van der Waals surface area contributed by atoms with Crippen LogP contribution in [-0.4, -0.2) is 4.98 Å². The highest BCUT2D eigenvalue weighted by Crippen LogP contribution is 2.23. The smallest absolute Gasteiger partial charge is 0.263 e. The van der Waals surface area contributed by atoms with Crippen LogP contribution in [0, 0.1) is 0 Å². The predicted octanol–water partition coefficient (Wildman–Crippen LogP) is 2.22. The van der Waals surface area contributed by atoms with Gasteiger partial charge < -0.3 is 10.2 Å². The third kappa shape index (κ3) is 1.46. The van der Waals surface area contributed by atoms with E-state index in [2.05, 4.69) is 4.98 Å². The molecule has 2 N–H and O–H groups in total. The molecular formula is C9H8F2N2O. The van der Waals surface area contributed by atoms with Crippen LogP contribution >= 0.6 is 0 Å². The average Bonchev–Trinajstić information content (AvgIpc) is 2.58. The molecule has 74 valence electrons. The molecular weight excluding hydrogens is 190 g/mol. The standard InChI is InChI=1S/C9H8F2N2O/c10-9(11)5-1-2-7-6(3-5)13-8(4-12)14-7/h1-3,9H,4,12H2. The molecule has 0 saturated heterocycles. The van der Waals surface area contributed by atoms with Crippen LogP contribution in [0.25, 0.3) is 11.1 Å². The molecule has 0 aliphatic carbocycles. The molecule has 2 rings (SSSR count). The van der Waals surface area contributed by atoms with Gasteiger partial charge in [-0.3, -0.25) is 0 Å². The van der Waals surface area contributed by atoms with E-state index < -0.39 is 6.43 Å². The van der Waals surface area contributed by atoms with Crippen LogP contribution in [-0.2, 0) is 6.54 Å². The van der Waals surface area contributed by atoms with Crippen molar-refractivity contribution in [2.24, 2.45) is 5.73 Å². The topological polar surface area (TPSA) is 52.0 Å². The van der Waals surface area contributed by atoms with E-state index in [1.165, 1.54) is 18.2 Å². The number of nitrogens with two attached hydrogens (primary N) is 1. The molecule has 1 aromatic heterocycles. The summed E-state index contributed by atoms with van der Waals surface area (Å²) in [5, 5.41) is 0. The van der Waals surface area contributed by atoms with Crippen molar-refractivity contribution in [1.29, 1.82) is 0 Å². The molecule has 2 aromatic rings. The maximum Gasteiger partial charge on any atom is 0.263 e. The lowest BCUT2D eigenvalue weighted by molar-refractivity contribution is 0.151. The summed E-state index contributed by atoms with van der Waals surface area (Å²) in [6.45, 7) is 0.165. The van der Waals surface area contributed by atoms with Crippen LogP contribution in [0.1, 0.15) is 17.9 Å². The zero-order chi connectivity index (χ0) is 10.1. The summed E-state index contributed by atoms with van der Waals surface area (Å²) in [5.74, 6) is 0.353. The number of nitrogens with zero attached hydrogens (tertiary/aromatic N) is 1. The number of fused-ring (bicyclic) bond motifs is 1. The van der Waals surface area contributed by atoms with Crippen LogP contribution in [0.3, 0.4) is 0 Å². The SMILES string of the molecule is NCc1nc2cc(C(F)F)ccc2o1. The van der Waals surface area contributed by atoms with Gasteiger partial charge in [0.05, 0.1) is 6.54 Å². The van der Waals surface area contributed by atoms with E-state index in [1.807, 2.05) is 0 Å². The van der Waals surface area contributed by atoms with Gasteiger partial charge in [0.25, 0.3) is 6.43 Å². The van der Waals surface area contributed by atoms with E-state index in [1.54, 1.807) is 0 Å². The molecule has 3 nitrogen and oxygen atoms in total. The van der Waals surface area contributed by atoms with Gasteiger partial charge in [-0.1, -0.05) is 0 Å². The fourth-order valence-corrected chi connectivity index (χ4v) is 1.22. The summed E-state index contributed by atoms with van der Waals surface area (Å²) >= 11 is 0. The van der Waals surface area contributed by atoms with E-state index >= 15 is 0 Å². The summed E-state index contributed by atoms with van der Waals surface area (Å²) < 4.78 is 29.8. The molecule has 5 heteroatoms. The second-order valence-electron chi connectivity index (χ2n) is 2.84. The normalized spacial score (nSPS) is 11.4. The first-order valence-electron chi connectivity index (χ1n) is 4.08. The molecule has 14 heavy (non-hydrogen) atoms. The highest BCUT2D eigenvalue weighted by Gasteiger charge is 2.10. The summed E-state index contributed by atoms with van der Waals surface area (Å²) in [7, 11) is 0. The van der Waals surface area contributed by atoms with Crippen molar-refractivity contribution in [2.45, 2.75) is 13.0 Å². The van der Waals surface area contributed by atoms with Gasteiger partial charge in [0.2, 0.25) is 5.89 Å². The van der Waals surface area contributed by atoms with Crippen molar-refractivity contribution in [3.63, 3.8) is 0 Å². The first-order chi connectivity index (χ1) is 6.70. The van der Waals surface area contributed by atoms with Crippen molar-refractivity contribution in [2.75, 3.05) is 0 Å². The van der Waals surface area contributed by atoms with E-state index in [0.717, 1.165) is 0 Å². The van der Waals surface area contributed by atoms with Crippen LogP contribution in [0.5, 0.6) is 0 Å². The molecule has 0 aliphatic heterocycles. The number of halogens is 2. The number of hydrogen-bond acceptors (Lipinski definition) is 3. The molecule has 0 fully saturated rings. The minimum Gasteiger partial charge on any atom is -0.439 e. The maximum atomic E-state index is 12.3. The van der Waals surface area contributed by atoms with Crippen LogP contribution in [0.4, 0.5) is 8.78 Å². The number of rotatable bonds is 2. The first-order valence-corrected chi connectivity index (χ1v) is 4.08. The van der Waals surface area contributed by atoms with Crippen molar-refractivity contribution in [1.82, 2.24) is 4.98 Å². The van der Waals surface area contributed by atoms with E-state index in [-0.39, 0.29) is 12.1 Å². The monoisotopic (exact) mass is 198 g/mol.